The maximum absolute atomic E-state index is 13.5. The van der Waals surface area contributed by atoms with Crippen molar-refractivity contribution in [1.82, 2.24) is 14.5 Å². The number of fused-ring (bicyclic) bond motifs is 1. The van der Waals surface area contributed by atoms with Gasteiger partial charge in [0, 0.05) is 23.5 Å². The van der Waals surface area contributed by atoms with Crippen LogP contribution in [0.3, 0.4) is 0 Å². The van der Waals surface area contributed by atoms with Crippen molar-refractivity contribution in [3.63, 3.8) is 0 Å². The molecule has 0 unspecified atom stereocenters. The van der Waals surface area contributed by atoms with E-state index in [-0.39, 0.29) is 38.8 Å². The number of ketones is 1. The first kappa shape index (κ1) is 22.3. The van der Waals surface area contributed by atoms with Gasteiger partial charge >= 0.3 is 0 Å². The number of nitrogens with zero attached hydrogens (tertiary/aromatic N) is 3. The normalized spacial score (nSPS) is 14.2. The lowest BCUT2D eigenvalue weighted by atomic mass is 9.93. The summed E-state index contributed by atoms with van der Waals surface area (Å²) in [6, 6.07) is 9.43. The van der Waals surface area contributed by atoms with Gasteiger partial charge in [-0.1, -0.05) is 23.7 Å². The lowest BCUT2D eigenvalue weighted by Gasteiger charge is -2.27. The highest BCUT2D eigenvalue weighted by atomic mass is 35.5. The number of carbonyl (C=O) groups excluding carboxylic acids is 1. The summed E-state index contributed by atoms with van der Waals surface area (Å²) in [7, 11) is -4.06. The first-order valence-electron chi connectivity index (χ1n) is 10.5. The van der Waals surface area contributed by atoms with Crippen molar-refractivity contribution in [3.05, 3.63) is 77.0 Å². The number of rotatable bonds is 6. The van der Waals surface area contributed by atoms with E-state index in [1.807, 2.05) is 4.57 Å². The second kappa shape index (κ2) is 8.37. The van der Waals surface area contributed by atoms with E-state index in [0.717, 1.165) is 37.5 Å². The maximum Gasteiger partial charge on any atom is 0.261 e. The molecule has 2 aromatic heterocycles. The molecule has 11 heteroatoms. The van der Waals surface area contributed by atoms with Gasteiger partial charge in [-0.25, -0.2) is 22.8 Å². The number of halogens is 2. The monoisotopic (exact) mass is 499 g/mol. The number of hydrogen-bond donors (Lipinski definition) is 2. The molecule has 0 saturated heterocycles. The predicted molar refractivity (Wildman–Crippen MR) is 127 cm³/mol. The fourth-order valence-corrected chi connectivity index (χ4v) is 5.28. The summed E-state index contributed by atoms with van der Waals surface area (Å²) in [6.07, 6.45) is 6.21. The van der Waals surface area contributed by atoms with Gasteiger partial charge < -0.3 is 10.3 Å². The van der Waals surface area contributed by atoms with Crippen LogP contribution in [0, 0.1) is 5.82 Å². The summed E-state index contributed by atoms with van der Waals surface area (Å²) in [6.45, 7) is 0. The lowest BCUT2D eigenvalue weighted by molar-refractivity contribution is 0.104. The minimum atomic E-state index is -4.06. The second-order valence-corrected chi connectivity index (χ2v) is 10.2. The summed E-state index contributed by atoms with van der Waals surface area (Å²) in [5.74, 6) is -0.857. The number of anilines is 2. The highest BCUT2D eigenvalue weighted by Crippen LogP contribution is 2.37. The average molecular weight is 500 g/mol. The Hall–Kier alpha value is -3.50. The highest BCUT2D eigenvalue weighted by Gasteiger charge is 2.27. The first-order valence-corrected chi connectivity index (χ1v) is 12.3. The van der Waals surface area contributed by atoms with Crippen molar-refractivity contribution in [3.8, 4) is 0 Å². The molecule has 1 aliphatic rings. The maximum atomic E-state index is 13.5. The molecule has 8 nitrogen and oxygen atoms in total. The fraction of sp³-hybridized carbons (Fsp3) is 0.174. The van der Waals surface area contributed by atoms with Crippen molar-refractivity contribution in [2.75, 3.05) is 10.5 Å². The van der Waals surface area contributed by atoms with Gasteiger partial charge in [-0.3, -0.25) is 9.52 Å². The molecule has 174 valence electrons. The van der Waals surface area contributed by atoms with Crippen LogP contribution in [0.25, 0.3) is 11.0 Å². The summed E-state index contributed by atoms with van der Waals surface area (Å²) in [5, 5.41) is 0.167. The van der Waals surface area contributed by atoms with Gasteiger partial charge in [-0.05, 0) is 49.6 Å². The van der Waals surface area contributed by atoms with Gasteiger partial charge in [-0.15, -0.1) is 0 Å². The summed E-state index contributed by atoms with van der Waals surface area (Å²) < 4.78 is 43.3. The third-order valence-corrected chi connectivity index (χ3v) is 7.60. The molecule has 2 heterocycles. The van der Waals surface area contributed by atoms with Gasteiger partial charge in [0.05, 0.1) is 20.9 Å². The van der Waals surface area contributed by atoms with E-state index in [4.69, 9.17) is 17.3 Å². The Balaban J connectivity index is 1.50. The Kier molecular flexibility index (Phi) is 5.49. The second-order valence-electron chi connectivity index (χ2n) is 8.08. The molecule has 0 atom stereocenters. The van der Waals surface area contributed by atoms with Crippen LogP contribution in [-0.2, 0) is 10.0 Å². The van der Waals surface area contributed by atoms with Crippen LogP contribution < -0.4 is 10.5 Å². The minimum absolute atomic E-state index is 0.165. The molecule has 3 N–H and O–H groups in total. The lowest BCUT2D eigenvalue weighted by Crippen LogP contribution is -2.16. The largest absolute Gasteiger partial charge is 0.383 e. The molecule has 34 heavy (non-hydrogen) atoms. The molecule has 4 aromatic rings. The van der Waals surface area contributed by atoms with Gasteiger partial charge in [0.15, 0.2) is 5.78 Å². The number of nitrogens with one attached hydrogen (secondary N) is 1. The molecule has 0 aliphatic heterocycles. The topological polar surface area (TPSA) is 120 Å². The van der Waals surface area contributed by atoms with E-state index >= 15 is 0 Å². The van der Waals surface area contributed by atoms with Crippen molar-refractivity contribution >= 4 is 49.9 Å². The minimum Gasteiger partial charge on any atom is -0.383 e. The molecule has 0 bridgehead atoms. The van der Waals surface area contributed by atoms with E-state index in [0.29, 0.717) is 16.6 Å². The van der Waals surface area contributed by atoms with Crippen molar-refractivity contribution in [1.29, 1.82) is 0 Å². The predicted octanol–water partition coefficient (Wildman–Crippen LogP) is 4.56. The molecule has 5 rings (SSSR count). The summed E-state index contributed by atoms with van der Waals surface area (Å²) >= 11 is 5.72. The molecule has 2 aromatic carbocycles. The number of nitrogen functional groups attached to an aromatic ring is 1. The first-order chi connectivity index (χ1) is 16.2. The Morgan fingerprint density at radius 3 is 2.68 bits per heavy atom. The van der Waals surface area contributed by atoms with Gasteiger partial charge in [-0.2, -0.15) is 0 Å². The molecule has 0 amide bonds. The van der Waals surface area contributed by atoms with E-state index in [9.17, 15) is 17.6 Å². The summed E-state index contributed by atoms with van der Waals surface area (Å²) in [4.78, 5) is 21.6. The van der Waals surface area contributed by atoms with E-state index in [1.54, 1.807) is 18.3 Å². The van der Waals surface area contributed by atoms with E-state index in [1.165, 1.54) is 18.5 Å². The van der Waals surface area contributed by atoms with E-state index in [2.05, 4.69) is 14.7 Å². The smallest absolute Gasteiger partial charge is 0.261 e. The number of sulfonamides is 1. The Bertz CT molecular complexity index is 1550. The van der Waals surface area contributed by atoms with Crippen LogP contribution in [0.1, 0.15) is 41.2 Å². The quantitative estimate of drug-likeness (QED) is 0.375. The van der Waals surface area contributed by atoms with Crippen LogP contribution in [0.2, 0.25) is 5.02 Å². The molecule has 0 radical (unpaired) electrons. The standard InChI is InChI=1S/C23H19ClFN5O3S/c24-18-10-16(7-8-19(18)25)34(32,33)29-14-4-1-3-13(9-14)21(31)17-11-30(15-5-2-6-15)23-20(17)22(26)27-12-28-23/h1,3-4,7-12,15,29H,2,5-6H2,(H2,26,27,28). The van der Waals surface area contributed by atoms with Crippen LogP contribution in [-0.4, -0.2) is 28.7 Å². The molecule has 0 spiro atoms. The molecule has 1 aliphatic carbocycles. The zero-order valence-electron chi connectivity index (χ0n) is 17.7. The third kappa shape index (κ3) is 3.88. The zero-order chi connectivity index (χ0) is 24.0. The Labute approximate surface area is 199 Å². The molecular weight excluding hydrogens is 481 g/mol. The van der Waals surface area contributed by atoms with Crippen molar-refractivity contribution in [2.45, 2.75) is 30.2 Å². The van der Waals surface area contributed by atoms with Crippen LogP contribution in [0.15, 0.2) is 59.9 Å². The molecule has 1 fully saturated rings. The average Bonchev–Trinajstić information content (AvgIpc) is 3.14. The number of nitrogens with two attached hydrogens (primary N) is 1. The third-order valence-electron chi connectivity index (χ3n) is 5.93. The van der Waals surface area contributed by atoms with Crippen molar-refractivity contribution in [2.24, 2.45) is 0 Å². The summed E-state index contributed by atoms with van der Waals surface area (Å²) in [5.41, 5.74) is 7.48. The highest BCUT2D eigenvalue weighted by molar-refractivity contribution is 7.92. The number of benzene rings is 2. The molecule has 1 saturated carbocycles. The zero-order valence-corrected chi connectivity index (χ0v) is 19.3. The Morgan fingerprint density at radius 1 is 1.18 bits per heavy atom. The number of aromatic nitrogens is 3. The van der Waals surface area contributed by atoms with Crippen LogP contribution in [0.4, 0.5) is 15.9 Å². The number of carbonyl (C=O) groups is 1. The van der Waals surface area contributed by atoms with Crippen LogP contribution in [0.5, 0.6) is 0 Å². The van der Waals surface area contributed by atoms with Gasteiger partial charge in [0.2, 0.25) is 0 Å². The SMILES string of the molecule is Nc1ncnc2c1c(C(=O)c1cccc(NS(=O)(=O)c3ccc(F)c(Cl)c3)c1)cn2C1CCC1. The molecular formula is C23H19ClFN5O3S. The van der Waals surface area contributed by atoms with Gasteiger partial charge in [0.25, 0.3) is 10.0 Å². The number of hydrogen-bond acceptors (Lipinski definition) is 6. The van der Waals surface area contributed by atoms with Crippen LogP contribution >= 0.6 is 11.6 Å². The van der Waals surface area contributed by atoms with E-state index < -0.39 is 15.8 Å². The van der Waals surface area contributed by atoms with Crippen molar-refractivity contribution < 1.29 is 17.6 Å². The Morgan fingerprint density at radius 2 is 1.97 bits per heavy atom. The van der Waals surface area contributed by atoms with Gasteiger partial charge in [0.1, 0.15) is 23.6 Å². The fourth-order valence-electron chi connectivity index (χ4n) is 3.96.